The third kappa shape index (κ3) is 4.55. The minimum atomic E-state index is -4.14. The number of halogens is 3. The number of nitrogens with one attached hydrogen (secondary N) is 1. The van der Waals surface area contributed by atoms with Crippen molar-refractivity contribution in [3.8, 4) is 0 Å². The molecule has 1 aromatic carbocycles. The van der Waals surface area contributed by atoms with E-state index in [-0.39, 0.29) is 12.1 Å². The SMILES string of the molecule is FC(F)(F)CN1CC[C@H](N[C@@H](c2ccccc2)c2ccncc2)C1. The summed E-state index contributed by atoms with van der Waals surface area (Å²) in [5.41, 5.74) is 2.16. The number of rotatable bonds is 5. The van der Waals surface area contributed by atoms with Gasteiger partial charge in [0.15, 0.2) is 0 Å². The lowest BCUT2D eigenvalue weighted by molar-refractivity contribution is -0.143. The third-order valence-electron chi connectivity index (χ3n) is 4.25. The van der Waals surface area contributed by atoms with Crippen LogP contribution in [0, 0.1) is 0 Å². The van der Waals surface area contributed by atoms with Crippen LogP contribution in [0.2, 0.25) is 0 Å². The van der Waals surface area contributed by atoms with E-state index in [1.165, 1.54) is 4.90 Å². The second-order valence-electron chi connectivity index (χ2n) is 6.13. The van der Waals surface area contributed by atoms with Gasteiger partial charge < -0.3 is 5.32 Å². The zero-order chi connectivity index (χ0) is 17.0. The fourth-order valence-electron chi connectivity index (χ4n) is 3.19. The molecule has 1 aromatic heterocycles. The molecule has 1 aliphatic heterocycles. The molecule has 3 rings (SSSR count). The van der Waals surface area contributed by atoms with E-state index >= 15 is 0 Å². The first-order valence-corrected chi connectivity index (χ1v) is 8.01. The van der Waals surface area contributed by atoms with Gasteiger partial charge in [0.25, 0.3) is 0 Å². The number of hydrogen-bond acceptors (Lipinski definition) is 3. The molecule has 2 heterocycles. The maximum Gasteiger partial charge on any atom is 0.401 e. The summed E-state index contributed by atoms with van der Waals surface area (Å²) in [4.78, 5) is 5.51. The Morgan fingerprint density at radius 2 is 1.75 bits per heavy atom. The van der Waals surface area contributed by atoms with Crippen molar-refractivity contribution in [2.75, 3.05) is 19.6 Å². The molecule has 0 spiro atoms. The molecule has 24 heavy (non-hydrogen) atoms. The first kappa shape index (κ1) is 16.9. The molecule has 128 valence electrons. The van der Waals surface area contributed by atoms with Gasteiger partial charge in [-0.05, 0) is 29.7 Å². The van der Waals surface area contributed by atoms with E-state index in [1.807, 2.05) is 42.5 Å². The Morgan fingerprint density at radius 1 is 1.08 bits per heavy atom. The zero-order valence-corrected chi connectivity index (χ0v) is 13.2. The predicted molar refractivity (Wildman–Crippen MR) is 86.6 cm³/mol. The van der Waals surface area contributed by atoms with E-state index in [0.717, 1.165) is 11.1 Å². The number of benzene rings is 1. The van der Waals surface area contributed by atoms with Crippen molar-refractivity contribution < 1.29 is 13.2 Å². The van der Waals surface area contributed by atoms with E-state index in [2.05, 4.69) is 10.3 Å². The van der Waals surface area contributed by atoms with Gasteiger partial charge in [-0.15, -0.1) is 0 Å². The molecule has 0 radical (unpaired) electrons. The number of aromatic nitrogens is 1. The second kappa shape index (κ2) is 7.32. The van der Waals surface area contributed by atoms with Crippen LogP contribution in [0.15, 0.2) is 54.9 Å². The van der Waals surface area contributed by atoms with Gasteiger partial charge in [0.05, 0.1) is 12.6 Å². The molecule has 0 saturated carbocycles. The van der Waals surface area contributed by atoms with Crippen molar-refractivity contribution in [3.05, 3.63) is 66.0 Å². The van der Waals surface area contributed by atoms with Crippen molar-refractivity contribution in [2.45, 2.75) is 24.7 Å². The van der Waals surface area contributed by atoms with Gasteiger partial charge in [-0.1, -0.05) is 30.3 Å². The summed E-state index contributed by atoms with van der Waals surface area (Å²) in [6.45, 7) is 0.0411. The average molecular weight is 335 g/mol. The van der Waals surface area contributed by atoms with Gasteiger partial charge >= 0.3 is 6.18 Å². The summed E-state index contributed by atoms with van der Waals surface area (Å²) >= 11 is 0. The summed E-state index contributed by atoms with van der Waals surface area (Å²) in [6.07, 6.45) is 0.0401. The molecule has 1 fully saturated rings. The molecular weight excluding hydrogens is 315 g/mol. The van der Waals surface area contributed by atoms with Gasteiger partial charge in [0, 0.05) is 31.5 Å². The topological polar surface area (TPSA) is 28.2 Å². The molecule has 1 saturated heterocycles. The van der Waals surface area contributed by atoms with E-state index in [4.69, 9.17) is 0 Å². The minimum absolute atomic E-state index is 0.0331. The van der Waals surface area contributed by atoms with Crippen LogP contribution in [0.25, 0.3) is 0 Å². The summed E-state index contributed by atoms with van der Waals surface area (Å²) < 4.78 is 37.7. The number of hydrogen-bond donors (Lipinski definition) is 1. The third-order valence-corrected chi connectivity index (χ3v) is 4.25. The van der Waals surface area contributed by atoms with E-state index in [1.54, 1.807) is 12.4 Å². The van der Waals surface area contributed by atoms with Crippen molar-refractivity contribution in [1.82, 2.24) is 15.2 Å². The van der Waals surface area contributed by atoms with Crippen molar-refractivity contribution in [2.24, 2.45) is 0 Å². The lowest BCUT2D eigenvalue weighted by Gasteiger charge is -2.24. The monoisotopic (exact) mass is 335 g/mol. The largest absolute Gasteiger partial charge is 0.401 e. The molecule has 0 aliphatic carbocycles. The highest BCUT2D eigenvalue weighted by molar-refractivity contribution is 5.30. The number of pyridine rings is 1. The van der Waals surface area contributed by atoms with Gasteiger partial charge in [-0.2, -0.15) is 13.2 Å². The Bertz CT molecular complexity index is 591. The van der Waals surface area contributed by atoms with E-state index in [9.17, 15) is 13.2 Å². The van der Waals surface area contributed by atoms with Crippen LogP contribution in [0.5, 0.6) is 0 Å². The highest BCUT2D eigenvalue weighted by Gasteiger charge is 2.35. The highest BCUT2D eigenvalue weighted by Crippen LogP contribution is 2.25. The highest BCUT2D eigenvalue weighted by atomic mass is 19.4. The lowest BCUT2D eigenvalue weighted by Crippen LogP contribution is -2.38. The molecule has 0 unspecified atom stereocenters. The van der Waals surface area contributed by atoms with Gasteiger partial charge in [0.2, 0.25) is 0 Å². The Balaban J connectivity index is 1.72. The molecule has 1 aliphatic rings. The minimum Gasteiger partial charge on any atom is -0.302 e. The van der Waals surface area contributed by atoms with Crippen molar-refractivity contribution in [3.63, 3.8) is 0 Å². The van der Waals surface area contributed by atoms with Gasteiger partial charge in [0.1, 0.15) is 0 Å². The molecule has 2 aromatic rings. The average Bonchev–Trinajstić information content (AvgIpc) is 2.99. The summed E-state index contributed by atoms with van der Waals surface area (Å²) in [6, 6.07) is 13.8. The molecule has 0 amide bonds. The second-order valence-corrected chi connectivity index (χ2v) is 6.13. The van der Waals surface area contributed by atoms with Crippen LogP contribution in [-0.4, -0.2) is 41.7 Å². The molecule has 1 N–H and O–H groups in total. The molecule has 6 heteroatoms. The summed E-state index contributed by atoms with van der Waals surface area (Å²) in [5.74, 6) is 0. The fourth-order valence-corrected chi connectivity index (χ4v) is 3.19. The van der Waals surface area contributed by atoms with Crippen molar-refractivity contribution >= 4 is 0 Å². The maximum absolute atomic E-state index is 12.6. The van der Waals surface area contributed by atoms with Crippen LogP contribution in [-0.2, 0) is 0 Å². The van der Waals surface area contributed by atoms with Gasteiger partial charge in [-0.3, -0.25) is 9.88 Å². The summed E-state index contributed by atoms with van der Waals surface area (Å²) in [7, 11) is 0. The Labute approximate surface area is 139 Å². The zero-order valence-electron chi connectivity index (χ0n) is 13.2. The normalized spacial score (nSPS) is 20.2. The Morgan fingerprint density at radius 3 is 2.42 bits per heavy atom. The standard InChI is InChI=1S/C18H20F3N3/c19-18(20,21)13-24-11-8-16(12-24)23-17(14-4-2-1-3-5-14)15-6-9-22-10-7-15/h1-7,9-10,16-17,23H,8,11-13H2/t16-,17-/m0/s1. The van der Waals surface area contributed by atoms with Crippen molar-refractivity contribution in [1.29, 1.82) is 0 Å². The van der Waals surface area contributed by atoms with E-state index < -0.39 is 12.7 Å². The van der Waals surface area contributed by atoms with Crippen LogP contribution >= 0.6 is 0 Å². The number of alkyl halides is 3. The van der Waals surface area contributed by atoms with Gasteiger partial charge in [-0.25, -0.2) is 0 Å². The first-order valence-electron chi connectivity index (χ1n) is 8.01. The Hall–Kier alpha value is -1.92. The first-order chi connectivity index (χ1) is 11.5. The lowest BCUT2D eigenvalue weighted by atomic mass is 9.98. The number of nitrogens with zero attached hydrogens (tertiary/aromatic N) is 2. The summed E-state index contributed by atoms with van der Waals surface area (Å²) in [5, 5.41) is 3.53. The fraction of sp³-hybridized carbons (Fsp3) is 0.389. The number of likely N-dealkylation sites (tertiary alicyclic amines) is 1. The molecule has 2 atom stereocenters. The quantitative estimate of drug-likeness (QED) is 0.908. The molecule has 0 bridgehead atoms. The van der Waals surface area contributed by atoms with Crippen LogP contribution in [0.4, 0.5) is 13.2 Å². The van der Waals surface area contributed by atoms with E-state index in [0.29, 0.717) is 19.5 Å². The smallest absolute Gasteiger partial charge is 0.302 e. The predicted octanol–water partition coefficient (Wildman–Crippen LogP) is 3.40. The molecular formula is C18H20F3N3. The maximum atomic E-state index is 12.6. The molecule has 3 nitrogen and oxygen atoms in total. The van der Waals surface area contributed by atoms with Crippen LogP contribution < -0.4 is 5.32 Å². The van der Waals surface area contributed by atoms with Crippen LogP contribution in [0.3, 0.4) is 0 Å². The Kier molecular flexibility index (Phi) is 5.16. The van der Waals surface area contributed by atoms with Crippen LogP contribution in [0.1, 0.15) is 23.6 Å².